The van der Waals surface area contributed by atoms with E-state index >= 15 is 0 Å². The lowest BCUT2D eigenvalue weighted by atomic mass is 9.87. The summed E-state index contributed by atoms with van der Waals surface area (Å²) < 4.78 is 40.4. The van der Waals surface area contributed by atoms with Crippen molar-refractivity contribution in [2.24, 2.45) is 0 Å². The fraction of sp³-hybridized carbons (Fsp3) is 0.276. The van der Waals surface area contributed by atoms with Gasteiger partial charge >= 0.3 is 0 Å². The van der Waals surface area contributed by atoms with E-state index in [9.17, 15) is 14.0 Å². The average molecular weight is 479 g/mol. The molecule has 3 aromatic carbocycles. The number of hydrogen-bond acceptors (Lipinski definition) is 3. The van der Waals surface area contributed by atoms with E-state index in [0.717, 1.165) is 40.0 Å². The van der Waals surface area contributed by atoms with Gasteiger partial charge in [0.05, 0.1) is 16.9 Å². The van der Waals surface area contributed by atoms with Crippen LogP contribution in [0.2, 0.25) is 0 Å². The number of pyridine rings is 1. The molecule has 0 spiro atoms. The lowest BCUT2D eigenvalue weighted by molar-refractivity contribution is -0.909. The van der Waals surface area contributed by atoms with Crippen LogP contribution in [0.4, 0.5) is 8.78 Å². The number of nitrogens with zero attached hydrogens (tertiary/aromatic N) is 1. The second kappa shape index (κ2) is 11.3. The highest BCUT2D eigenvalue weighted by atomic mass is 19.2. The van der Waals surface area contributed by atoms with E-state index in [1.54, 1.807) is 12.3 Å². The lowest BCUT2D eigenvalue weighted by Crippen LogP contribution is -2.38. The van der Waals surface area contributed by atoms with Crippen molar-refractivity contribution in [1.29, 1.82) is 0 Å². The first kappa shape index (κ1) is 24.6. The summed E-state index contributed by atoms with van der Waals surface area (Å²) in [6, 6.07) is 19.3. The minimum absolute atomic E-state index is 0.0327. The molecule has 0 aliphatic carbocycles. The number of benzene rings is 3. The molecule has 1 N–H and O–H groups in total. The minimum atomic E-state index is -0.922. The first-order valence-electron chi connectivity index (χ1n) is 12.0. The largest absolute Gasteiger partial charge is 0.489 e. The maximum atomic E-state index is 14.2. The Morgan fingerprint density at radius 1 is 0.943 bits per heavy atom. The number of rotatable bonds is 5. The molecular formula is C29H30F2NO3+. The molecule has 1 fully saturated rings. The van der Waals surface area contributed by atoms with E-state index < -0.39 is 11.6 Å². The summed E-state index contributed by atoms with van der Waals surface area (Å²) >= 11 is 0. The van der Waals surface area contributed by atoms with Crippen LogP contribution in [0, 0.1) is 11.6 Å². The molecule has 5 rings (SSSR count). The molecule has 0 amide bonds. The summed E-state index contributed by atoms with van der Waals surface area (Å²) in [5.41, 5.74) is 2.93. The molecule has 2 heterocycles. The maximum Gasteiger partial charge on any atom is 0.245 e. The SMILES string of the molecule is CC.O[n+]1cc2cc(OCc3ccccc3)ccc2c(-c2ccc(F)c(F)c2)c1C1CCOCC1. The third-order valence-electron chi connectivity index (χ3n) is 6.12. The predicted octanol–water partition coefficient (Wildman–Crippen LogP) is 6.81. The van der Waals surface area contributed by atoms with Crippen LogP contribution in [0.5, 0.6) is 5.75 Å². The fourth-order valence-corrected chi connectivity index (χ4v) is 4.48. The second-order valence-corrected chi connectivity index (χ2v) is 8.27. The third kappa shape index (κ3) is 5.43. The van der Waals surface area contributed by atoms with Crippen molar-refractivity contribution in [3.63, 3.8) is 0 Å². The Morgan fingerprint density at radius 2 is 1.69 bits per heavy atom. The first-order chi connectivity index (χ1) is 17.1. The number of fused-ring (bicyclic) bond motifs is 1. The van der Waals surface area contributed by atoms with Crippen molar-refractivity contribution in [1.82, 2.24) is 0 Å². The molecular weight excluding hydrogens is 448 g/mol. The Bertz CT molecular complexity index is 1290. The highest BCUT2D eigenvalue weighted by molar-refractivity contribution is 5.97. The molecule has 0 bridgehead atoms. The van der Waals surface area contributed by atoms with Gasteiger partial charge in [-0.1, -0.05) is 50.2 Å². The quantitative estimate of drug-likeness (QED) is 0.253. The first-order valence-corrected chi connectivity index (χ1v) is 12.0. The summed E-state index contributed by atoms with van der Waals surface area (Å²) in [6.45, 7) is 5.60. The van der Waals surface area contributed by atoms with Gasteiger partial charge in [-0.15, -0.1) is 0 Å². The summed E-state index contributed by atoms with van der Waals surface area (Å²) in [6.07, 6.45) is 3.13. The molecule has 1 aliphatic heterocycles. The monoisotopic (exact) mass is 478 g/mol. The van der Waals surface area contributed by atoms with E-state index in [1.165, 1.54) is 6.07 Å². The average Bonchev–Trinajstić information content (AvgIpc) is 2.90. The molecule has 4 aromatic rings. The topological polar surface area (TPSA) is 42.6 Å². The lowest BCUT2D eigenvalue weighted by Gasteiger charge is -2.22. The number of halogens is 2. The van der Waals surface area contributed by atoms with Crippen LogP contribution in [0.15, 0.2) is 72.9 Å². The number of hydrogen-bond donors (Lipinski definition) is 1. The Hall–Kier alpha value is -3.51. The Balaban J connectivity index is 0.00000141. The Kier molecular flexibility index (Phi) is 7.93. The van der Waals surface area contributed by atoms with Crippen molar-refractivity contribution in [3.8, 4) is 16.9 Å². The fourth-order valence-electron chi connectivity index (χ4n) is 4.48. The molecule has 0 unspecified atom stereocenters. The van der Waals surface area contributed by atoms with E-state index in [1.807, 2.05) is 62.4 Å². The van der Waals surface area contributed by atoms with E-state index in [4.69, 9.17) is 9.47 Å². The van der Waals surface area contributed by atoms with E-state index in [-0.39, 0.29) is 5.92 Å². The van der Waals surface area contributed by atoms with E-state index in [0.29, 0.717) is 42.4 Å². The zero-order valence-corrected chi connectivity index (χ0v) is 20.0. The number of ether oxygens (including phenoxy) is 2. The van der Waals surface area contributed by atoms with Gasteiger partial charge in [-0.05, 0) is 54.3 Å². The van der Waals surface area contributed by atoms with Crippen molar-refractivity contribution < 1.29 is 28.2 Å². The highest BCUT2D eigenvalue weighted by Crippen LogP contribution is 2.38. The van der Waals surface area contributed by atoms with Crippen molar-refractivity contribution in [3.05, 3.63) is 95.8 Å². The van der Waals surface area contributed by atoms with Crippen LogP contribution in [0.3, 0.4) is 0 Å². The van der Waals surface area contributed by atoms with E-state index in [2.05, 4.69) is 0 Å². The van der Waals surface area contributed by atoms with Crippen LogP contribution in [0.25, 0.3) is 21.9 Å². The van der Waals surface area contributed by atoms with Crippen LogP contribution in [0.1, 0.15) is 43.9 Å². The Labute approximate surface area is 204 Å². The normalized spacial score (nSPS) is 13.8. The van der Waals surface area contributed by atoms with Crippen LogP contribution < -0.4 is 9.47 Å². The molecule has 6 heteroatoms. The van der Waals surface area contributed by atoms with Crippen LogP contribution in [-0.4, -0.2) is 18.4 Å². The van der Waals surface area contributed by atoms with Crippen molar-refractivity contribution >= 4 is 10.8 Å². The molecule has 1 aromatic heterocycles. The molecule has 1 saturated heterocycles. The van der Waals surface area contributed by atoms with Crippen LogP contribution in [-0.2, 0) is 11.3 Å². The predicted molar refractivity (Wildman–Crippen MR) is 132 cm³/mol. The van der Waals surface area contributed by atoms with Gasteiger partial charge in [0.15, 0.2) is 11.6 Å². The van der Waals surface area contributed by atoms with Gasteiger partial charge in [-0.3, -0.25) is 5.21 Å². The number of aromatic nitrogens is 1. The Morgan fingerprint density at radius 3 is 2.40 bits per heavy atom. The smallest absolute Gasteiger partial charge is 0.245 e. The zero-order valence-electron chi connectivity index (χ0n) is 20.0. The molecule has 4 nitrogen and oxygen atoms in total. The standard InChI is InChI=1S/C27H24F2NO3.C2H6/c28-24-9-6-20(15-25(24)29)26-23-8-7-22(33-17-18-4-2-1-3-5-18)14-21(23)16-30(31)27(26)19-10-12-32-13-11-19;1-2/h1-9,14-16,19,31H,10-13,17H2;1-2H3/q+1;. The molecule has 182 valence electrons. The maximum absolute atomic E-state index is 14.2. The van der Waals surface area contributed by atoms with Crippen molar-refractivity contribution in [2.45, 2.75) is 39.2 Å². The molecule has 1 aliphatic rings. The van der Waals surface area contributed by atoms with Crippen LogP contribution >= 0.6 is 0 Å². The van der Waals surface area contributed by atoms with Gasteiger partial charge in [-0.25, -0.2) is 8.78 Å². The summed E-state index contributed by atoms with van der Waals surface area (Å²) in [5, 5.41) is 12.6. The second-order valence-electron chi connectivity index (χ2n) is 8.27. The van der Waals surface area contributed by atoms with Gasteiger partial charge in [-0.2, -0.15) is 0 Å². The van der Waals surface area contributed by atoms with Gasteiger partial charge in [0.1, 0.15) is 12.4 Å². The molecule has 0 atom stereocenters. The minimum Gasteiger partial charge on any atom is -0.489 e. The van der Waals surface area contributed by atoms with Crippen molar-refractivity contribution in [2.75, 3.05) is 13.2 Å². The highest BCUT2D eigenvalue weighted by Gasteiger charge is 2.32. The third-order valence-corrected chi connectivity index (χ3v) is 6.12. The van der Waals surface area contributed by atoms with Gasteiger partial charge in [0.2, 0.25) is 11.9 Å². The van der Waals surface area contributed by atoms with Gasteiger partial charge in [0, 0.05) is 23.3 Å². The molecule has 0 saturated carbocycles. The zero-order chi connectivity index (χ0) is 24.8. The molecule has 0 radical (unpaired) electrons. The van der Waals surface area contributed by atoms with Gasteiger partial charge < -0.3 is 9.47 Å². The summed E-state index contributed by atoms with van der Waals surface area (Å²) in [7, 11) is 0. The van der Waals surface area contributed by atoms with Gasteiger partial charge in [0.25, 0.3) is 0 Å². The summed E-state index contributed by atoms with van der Waals surface area (Å²) in [5.74, 6) is -1.14. The summed E-state index contributed by atoms with van der Waals surface area (Å²) in [4.78, 5) is 0. The molecule has 35 heavy (non-hydrogen) atoms.